The van der Waals surface area contributed by atoms with Gasteiger partial charge >= 0.3 is 6.18 Å². The molecular weight excluding hydrogens is 248 g/mol. The van der Waals surface area contributed by atoms with E-state index < -0.39 is 11.9 Å². The monoisotopic (exact) mass is 258 g/mol. The highest BCUT2D eigenvalue weighted by Gasteiger charge is 2.34. The molecule has 0 saturated carbocycles. The minimum absolute atomic E-state index is 0.105. The van der Waals surface area contributed by atoms with Gasteiger partial charge in [0.1, 0.15) is 11.5 Å². The number of rotatable bonds is 3. The maximum Gasteiger partial charge on any atom is 0.433 e. The van der Waals surface area contributed by atoms with Crippen LogP contribution in [-0.4, -0.2) is 9.78 Å². The summed E-state index contributed by atoms with van der Waals surface area (Å²) in [5.74, 6) is -0.367. The summed E-state index contributed by atoms with van der Waals surface area (Å²) in [7, 11) is 0. The average molecular weight is 258 g/mol. The minimum atomic E-state index is -4.40. The number of halogens is 4. The van der Waals surface area contributed by atoms with Crippen LogP contribution in [0.4, 0.5) is 17.6 Å². The summed E-state index contributed by atoms with van der Waals surface area (Å²) in [6.45, 7) is 0.105. The number of nitrogens with zero attached hydrogens (tertiary/aromatic N) is 2. The molecule has 0 bridgehead atoms. The molecule has 2 rings (SSSR count). The lowest BCUT2D eigenvalue weighted by atomic mass is 10.1. The number of aromatic nitrogens is 2. The second-order valence-corrected chi connectivity index (χ2v) is 3.81. The Morgan fingerprint density at radius 2 is 1.72 bits per heavy atom. The van der Waals surface area contributed by atoms with E-state index in [1.807, 2.05) is 0 Å². The van der Waals surface area contributed by atoms with Crippen LogP contribution in [0.1, 0.15) is 11.3 Å². The smallest absolute Gasteiger partial charge is 0.260 e. The van der Waals surface area contributed by atoms with Crippen molar-refractivity contribution in [1.82, 2.24) is 9.78 Å². The van der Waals surface area contributed by atoms with Gasteiger partial charge in [0.25, 0.3) is 0 Å². The second-order valence-electron chi connectivity index (χ2n) is 3.81. The number of alkyl halides is 3. The first-order valence-corrected chi connectivity index (χ1v) is 5.30. The molecule has 1 aromatic heterocycles. The topological polar surface area (TPSA) is 17.8 Å². The Balaban J connectivity index is 2.07. The van der Waals surface area contributed by atoms with Gasteiger partial charge in [-0.15, -0.1) is 0 Å². The highest BCUT2D eigenvalue weighted by atomic mass is 19.4. The highest BCUT2D eigenvalue weighted by Crippen LogP contribution is 2.28. The predicted octanol–water partition coefficient (Wildman–Crippen LogP) is 3.28. The van der Waals surface area contributed by atoms with Crippen LogP contribution >= 0.6 is 0 Å². The number of hydrogen-bond acceptors (Lipinski definition) is 1. The molecule has 1 heterocycles. The highest BCUT2D eigenvalue weighted by molar-refractivity contribution is 5.16. The van der Waals surface area contributed by atoms with E-state index in [0.29, 0.717) is 6.42 Å². The van der Waals surface area contributed by atoms with Gasteiger partial charge in [0.05, 0.1) is 0 Å². The van der Waals surface area contributed by atoms with Crippen LogP contribution in [0.5, 0.6) is 0 Å². The summed E-state index contributed by atoms with van der Waals surface area (Å²) in [5.41, 5.74) is -0.00960. The third kappa shape index (κ3) is 2.88. The average Bonchev–Trinajstić information content (AvgIpc) is 2.76. The van der Waals surface area contributed by atoms with Gasteiger partial charge < -0.3 is 0 Å². The molecule has 6 heteroatoms. The molecule has 0 amide bonds. The summed E-state index contributed by atoms with van der Waals surface area (Å²) < 4.78 is 51.2. The Bertz CT molecular complexity index is 514. The maximum absolute atomic E-state index is 12.7. The van der Waals surface area contributed by atoms with Crippen molar-refractivity contribution in [2.45, 2.75) is 19.1 Å². The first-order valence-electron chi connectivity index (χ1n) is 5.30. The molecule has 0 N–H and O–H groups in total. The van der Waals surface area contributed by atoms with Crippen LogP contribution < -0.4 is 0 Å². The van der Waals surface area contributed by atoms with Crippen LogP contribution in [0.2, 0.25) is 0 Å². The van der Waals surface area contributed by atoms with Gasteiger partial charge in [-0.1, -0.05) is 12.1 Å². The fourth-order valence-corrected chi connectivity index (χ4v) is 1.64. The van der Waals surface area contributed by atoms with E-state index in [2.05, 4.69) is 5.10 Å². The third-order valence-electron chi connectivity index (χ3n) is 2.53. The van der Waals surface area contributed by atoms with Gasteiger partial charge in [-0.05, 0) is 30.2 Å². The number of aryl methyl sites for hydroxylation is 2. The van der Waals surface area contributed by atoms with Gasteiger partial charge in [-0.2, -0.15) is 18.3 Å². The number of hydrogen-bond donors (Lipinski definition) is 0. The molecule has 0 radical (unpaired) electrons. The van der Waals surface area contributed by atoms with Crippen molar-refractivity contribution < 1.29 is 17.6 Å². The minimum Gasteiger partial charge on any atom is -0.260 e. The van der Waals surface area contributed by atoms with Crippen LogP contribution in [0.25, 0.3) is 0 Å². The van der Waals surface area contributed by atoms with Crippen molar-refractivity contribution in [3.63, 3.8) is 0 Å². The van der Waals surface area contributed by atoms with Crippen LogP contribution in [0, 0.1) is 5.82 Å². The summed E-state index contributed by atoms with van der Waals surface area (Å²) in [4.78, 5) is 0. The molecule has 0 fully saturated rings. The fourth-order valence-electron chi connectivity index (χ4n) is 1.64. The molecule has 0 aliphatic heterocycles. The zero-order valence-corrected chi connectivity index (χ0v) is 9.28. The van der Waals surface area contributed by atoms with Crippen molar-refractivity contribution in [2.75, 3.05) is 0 Å². The van der Waals surface area contributed by atoms with Gasteiger partial charge in [0, 0.05) is 12.7 Å². The Morgan fingerprint density at radius 1 is 1.06 bits per heavy atom. The Morgan fingerprint density at radius 3 is 2.33 bits per heavy atom. The van der Waals surface area contributed by atoms with Gasteiger partial charge in [0.2, 0.25) is 0 Å². The molecule has 1 aromatic carbocycles. The lowest BCUT2D eigenvalue weighted by Gasteiger charge is -2.10. The SMILES string of the molecule is Fc1ccc(CCn2nccc2C(F)(F)F)cc1. The van der Waals surface area contributed by atoms with Crippen molar-refractivity contribution >= 4 is 0 Å². The number of benzene rings is 1. The maximum atomic E-state index is 12.7. The quantitative estimate of drug-likeness (QED) is 0.772. The van der Waals surface area contributed by atoms with E-state index in [-0.39, 0.29) is 12.4 Å². The zero-order valence-electron chi connectivity index (χ0n) is 9.28. The molecular formula is C12H10F4N2. The molecule has 0 spiro atoms. The molecule has 2 nitrogen and oxygen atoms in total. The lowest BCUT2D eigenvalue weighted by molar-refractivity contribution is -0.144. The first kappa shape index (κ1) is 12.6. The molecule has 2 aromatic rings. The van der Waals surface area contributed by atoms with E-state index in [9.17, 15) is 17.6 Å². The first-order chi connectivity index (χ1) is 8.47. The molecule has 18 heavy (non-hydrogen) atoms. The molecule has 0 unspecified atom stereocenters. The van der Waals surface area contributed by atoms with Crippen molar-refractivity contribution in [2.24, 2.45) is 0 Å². The van der Waals surface area contributed by atoms with E-state index in [4.69, 9.17) is 0 Å². The Hall–Kier alpha value is -1.85. The van der Waals surface area contributed by atoms with Gasteiger partial charge in [-0.25, -0.2) is 4.39 Å². The van der Waals surface area contributed by atoms with Crippen LogP contribution in [-0.2, 0) is 19.1 Å². The Kier molecular flexibility index (Phi) is 3.36. The summed E-state index contributed by atoms with van der Waals surface area (Å²) >= 11 is 0. The zero-order chi connectivity index (χ0) is 13.2. The predicted molar refractivity (Wildman–Crippen MR) is 57.3 cm³/mol. The van der Waals surface area contributed by atoms with Crippen molar-refractivity contribution in [1.29, 1.82) is 0 Å². The van der Waals surface area contributed by atoms with Gasteiger partial charge in [0.15, 0.2) is 0 Å². The molecule has 0 aliphatic rings. The summed E-state index contributed by atoms with van der Waals surface area (Å²) in [5, 5.41) is 3.64. The third-order valence-corrected chi connectivity index (χ3v) is 2.53. The van der Waals surface area contributed by atoms with Crippen LogP contribution in [0.15, 0.2) is 36.5 Å². The summed E-state index contributed by atoms with van der Waals surface area (Å²) in [6.07, 6.45) is -2.92. The molecule has 96 valence electrons. The fraction of sp³-hybridized carbons (Fsp3) is 0.250. The van der Waals surface area contributed by atoms with Gasteiger partial charge in [-0.3, -0.25) is 4.68 Å². The largest absolute Gasteiger partial charge is 0.433 e. The molecule has 0 saturated heterocycles. The standard InChI is InChI=1S/C12H10F4N2/c13-10-3-1-9(2-4-10)6-8-18-11(5-7-17-18)12(14,15)16/h1-5,7H,6,8H2. The lowest BCUT2D eigenvalue weighted by Crippen LogP contribution is -2.15. The molecule has 0 atom stereocenters. The van der Waals surface area contributed by atoms with E-state index in [1.54, 1.807) is 12.1 Å². The van der Waals surface area contributed by atoms with Crippen molar-refractivity contribution in [3.8, 4) is 0 Å². The Labute approximate surface area is 101 Å². The molecule has 0 aliphatic carbocycles. The van der Waals surface area contributed by atoms with E-state index in [1.165, 1.54) is 12.1 Å². The van der Waals surface area contributed by atoms with E-state index >= 15 is 0 Å². The normalized spacial score (nSPS) is 11.8. The van der Waals surface area contributed by atoms with Crippen molar-refractivity contribution in [3.05, 3.63) is 53.6 Å². The van der Waals surface area contributed by atoms with E-state index in [0.717, 1.165) is 22.5 Å². The summed E-state index contributed by atoms with van der Waals surface area (Å²) in [6, 6.07) is 6.59. The van der Waals surface area contributed by atoms with Crippen LogP contribution in [0.3, 0.4) is 0 Å². The second kappa shape index (κ2) is 4.80.